The van der Waals surface area contributed by atoms with Crippen LogP contribution in [0.3, 0.4) is 0 Å². The van der Waals surface area contributed by atoms with Gasteiger partial charge in [-0.2, -0.15) is 0 Å². The SMILES string of the molecule is Brc1ccc(-c2ncc(Br)nc2-c2ccc(-c3ccccc3)cc2)cc1. The van der Waals surface area contributed by atoms with Crippen molar-refractivity contribution in [3.63, 3.8) is 0 Å². The lowest BCUT2D eigenvalue weighted by Gasteiger charge is -2.10. The van der Waals surface area contributed by atoms with Gasteiger partial charge in [-0.3, -0.25) is 4.98 Å². The second kappa shape index (κ2) is 7.52. The fraction of sp³-hybridized carbons (Fsp3) is 0. The molecule has 2 nitrogen and oxygen atoms in total. The van der Waals surface area contributed by atoms with Crippen molar-refractivity contribution < 1.29 is 0 Å². The van der Waals surface area contributed by atoms with E-state index in [0.29, 0.717) is 0 Å². The van der Waals surface area contributed by atoms with E-state index in [4.69, 9.17) is 0 Å². The van der Waals surface area contributed by atoms with Crippen LogP contribution >= 0.6 is 31.9 Å². The fourth-order valence-corrected chi connectivity index (χ4v) is 3.38. The summed E-state index contributed by atoms with van der Waals surface area (Å²) in [7, 11) is 0. The monoisotopic (exact) mass is 464 g/mol. The Bertz CT molecular complexity index is 1030. The third-order valence-electron chi connectivity index (χ3n) is 4.13. The summed E-state index contributed by atoms with van der Waals surface area (Å²) in [6.07, 6.45) is 1.74. The first-order valence-corrected chi connectivity index (χ1v) is 9.74. The smallest absolute Gasteiger partial charge is 0.125 e. The van der Waals surface area contributed by atoms with Gasteiger partial charge in [-0.05, 0) is 39.2 Å². The molecule has 0 fully saturated rings. The van der Waals surface area contributed by atoms with Crippen LogP contribution in [0.2, 0.25) is 0 Å². The van der Waals surface area contributed by atoms with E-state index >= 15 is 0 Å². The van der Waals surface area contributed by atoms with E-state index in [1.165, 1.54) is 11.1 Å². The quantitative estimate of drug-likeness (QED) is 0.325. The van der Waals surface area contributed by atoms with Crippen LogP contribution in [0.4, 0.5) is 0 Å². The predicted octanol–water partition coefficient (Wildman–Crippen LogP) is 7.00. The lowest BCUT2D eigenvalue weighted by Crippen LogP contribution is -1.94. The van der Waals surface area contributed by atoms with Crippen molar-refractivity contribution in [1.29, 1.82) is 0 Å². The highest BCUT2D eigenvalue weighted by atomic mass is 79.9. The van der Waals surface area contributed by atoms with Crippen molar-refractivity contribution in [2.24, 2.45) is 0 Å². The van der Waals surface area contributed by atoms with Crippen LogP contribution in [0, 0.1) is 0 Å². The Morgan fingerprint density at radius 1 is 0.538 bits per heavy atom. The molecule has 1 heterocycles. The third-order valence-corrected chi connectivity index (χ3v) is 5.04. The minimum Gasteiger partial charge on any atom is -0.251 e. The van der Waals surface area contributed by atoms with Gasteiger partial charge in [0.05, 0.1) is 17.6 Å². The molecule has 0 aliphatic heterocycles. The summed E-state index contributed by atoms with van der Waals surface area (Å²) in [6, 6.07) is 26.9. The van der Waals surface area contributed by atoms with Crippen LogP contribution in [0.25, 0.3) is 33.6 Å². The van der Waals surface area contributed by atoms with E-state index in [-0.39, 0.29) is 0 Å². The highest BCUT2D eigenvalue weighted by molar-refractivity contribution is 9.10. The average molecular weight is 466 g/mol. The number of nitrogens with zero attached hydrogens (tertiary/aromatic N) is 2. The predicted molar refractivity (Wildman–Crippen MR) is 114 cm³/mol. The maximum Gasteiger partial charge on any atom is 0.125 e. The van der Waals surface area contributed by atoms with Gasteiger partial charge in [0.2, 0.25) is 0 Å². The van der Waals surface area contributed by atoms with Crippen molar-refractivity contribution in [1.82, 2.24) is 9.97 Å². The topological polar surface area (TPSA) is 25.8 Å². The molecule has 4 aromatic rings. The number of rotatable bonds is 3. The molecular formula is C22H14Br2N2. The molecule has 0 N–H and O–H groups in total. The Morgan fingerprint density at radius 2 is 1.08 bits per heavy atom. The van der Waals surface area contributed by atoms with Gasteiger partial charge in [0.15, 0.2) is 0 Å². The van der Waals surface area contributed by atoms with Crippen molar-refractivity contribution in [3.05, 3.63) is 94.1 Å². The molecule has 0 radical (unpaired) electrons. The molecule has 0 aliphatic rings. The van der Waals surface area contributed by atoms with Gasteiger partial charge in [0, 0.05) is 15.6 Å². The van der Waals surface area contributed by atoms with Crippen LogP contribution in [0.1, 0.15) is 0 Å². The van der Waals surface area contributed by atoms with Gasteiger partial charge in [0.1, 0.15) is 4.60 Å². The maximum atomic E-state index is 4.69. The first-order chi connectivity index (χ1) is 12.7. The summed E-state index contributed by atoms with van der Waals surface area (Å²) in [5.41, 5.74) is 6.19. The Kier molecular flexibility index (Phi) is 4.96. The highest BCUT2D eigenvalue weighted by Crippen LogP contribution is 2.32. The lowest BCUT2D eigenvalue weighted by molar-refractivity contribution is 1.17. The number of halogens is 2. The zero-order valence-electron chi connectivity index (χ0n) is 13.7. The second-order valence-electron chi connectivity index (χ2n) is 5.84. The molecule has 0 saturated carbocycles. The Labute approximate surface area is 169 Å². The molecule has 3 aromatic carbocycles. The normalized spacial score (nSPS) is 10.7. The molecule has 26 heavy (non-hydrogen) atoms. The Hall–Kier alpha value is -2.30. The van der Waals surface area contributed by atoms with Crippen molar-refractivity contribution >= 4 is 31.9 Å². The zero-order chi connectivity index (χ0) is 17.9. The standard InChI is InChI=1S/C22H14Br2N2/c23-19-12-10-17(11-13-19)21-22(26-20(24)14-25-21)18-8-6-16(7-9-18)15-4-2-1-3-5-15/h1-14H. The molecule has 4 heteroatoms. The fourth-order valence-electron chi connectivity index (χ4n) is 2.84. The van der Waals surface area contributed by atoms with Crippen LogP contribution < -0.4 is 0 Å². The summed E-state index contributed by atoms with van der Waals surface area (Å²) in [5, 5.41) is 0. The molecule has 0 amide bonds. The highest BCUT2D eigenvalue weighted by Gasteiger charge is 2.12. The summed E-state index contributed by atoms with van der Waals surface area (Å²) in [4.78, 5) is 9.30. The van der Waals surface area contributed by atoms with E-state index < -0.39 is 0 Å². The minimum atomic E-state index is 0.723. The Balaban J connectivity index is 1.78. The van der Waals surface area contributed by atoms with E-state index in [9.17, 15) is 0 Å². The van der Waals surface area contributed by atoms with Gasteiger partial charge in [-0.1, -0.05) is 82.7 Å². The molecular weight excluding hydrogens is 452 g/mol. The molecule has 0 atom stereocenters. The second-order valence-corrected chi connectivity index (χ2v) is 7.57. The van der Waals surface area contributed by atoms with Crippen LogP contribution in [0.15, 0.2) is 94.1 Å². The molecule has 0 aliphatic carbocycles. The van der Waals surface area contributed by atoms with Gasteiger partial charge in [-0.15, -0.1) is 0 Å². The van der Waals surface area contributed by atoms with Crippen molar-refractivity contribution in [2.45, 2.75) is 0 Å². The molecule has 1 aromatic heterocycles. The summed E-state index contributed by atoms with van der Waals surface area (Å²) >= 11 is 6.93. The van der Waals surface area contributed by atoms with Gasteiger partial charge in [0.25, 0.3) is 0 Å². The van der Waals surface area contributed by atoms with E-state index in [1.807, 2.05) is 30.3 Å². The first-order valence-electron chi connectivity index (χ1n) is 8.15. The maximum absolute atomic E-state index is 4.69. The lowest BCUT2D eigenvalue weighted by atomic mass is 10.0. The van der Waals surface area contributed by atoms with Gasteiger partial charge >= 0.3 is 0 Å². The number of benzene rings is 3. The molecule has 0 unspecified atom stereocenters. The third kappa shape index (κ3) is 3.62. The van der Waals surface area contributed by atoms with Gasteiger partial charge < -0.3 is 0 Å². The van der Waals surface area contributed by atoms with E-state index in [1.54, 1.807) is 6.20 Å². The average Bonchev–Trinajstić information content (AvgIpc) is 2.70. The largest absolute Gasteiger partial charge is 0.251 e. The summed E-state index contributed by atoms with van der Waals surface area (Å²) < 4.78 is 1.76. The molecule has 126 valence electrons. The number of hydrogen-bond acceptors (Lipinski definition) is 2. The molecule has 0 spiro atoms. The van der Waals surface area contributed by atoms with E-state index in [0.717, 1.165) is 31.6 Å². The Morgan fingerprint density at radius 3 is 1.77 bits per heavy atom. The van der Waals surface area contributed by atoms with E-state index in [2.05, 4.69) is 90.4 Å². The summed E-state index contributed by atoms with van der Waals surface area (Å²) in [5.74, 6) is 0. The number of hydrogen-bond donors (Lipinski definition) is 0. The van der Waals surface area contributed by atoms with Crippen LogP contribution in [0.5, 0.6) is 0 Å². The minimum absolute atomic E-state index is 0.723. The van der Waals surface area contributed by atoms with Crippen LogP contribution in [-0.4, -0.2) is 9.97 Å². The first kappa shape index (κ1) is 17.1. The van der Waals surface area contributed by atoms with Crippen LogP contribution in [-0.2, 0) is 0 Å². The molecule has 4 rings (SSSR count). The van der Waals surface area contributed by atoms with Gasteiger partial charge in [-0.25, -0.2) is 4.98 Å². The number of aromatic nitrogens is 2. The van der Waals surface area contributed by atoms with Crippen molar-refractivity contribution in [2.75, 3.05) is 0 Å². The zero-order valence-corrected chi connectivity index (χ0v) is 16.9. The molecule has 0 saturated heterocycles. The molecule has 0 bridgehead atoms. The van der Waals surface area contributed by atoms with Crippen molar-refractivity contribution in [3.8, 4) is 33.6 Å². The summed E-state index contributed by atoms with van der Waals surface area (Å²) in [6.45, 7) is 0.